The van der Waals surface area contributed by atoms with Gasteiger partial charge in [-0.15, -0.1) is 0 Å². The number of piperazine rings is 1. The Bertz CT molecular complexity index is 967. The molecule has 4 nitrogen and oxygen atoms in total. The summed E-state index contributed by atoms with van der Waals surface area (Å²) in [6.45, 7) is 3.95. The van der Waals surface area contributed by atoms with Crippen molar-refractivity contribution in [2.45, 2.75) is 6.42 Å². The van der Waals surface area contributed by atoms with Gasteiger partial charge >= 0.3 is 0 Å². The zero-order chi connectivity index (χ0) is 20.8. The Balaban J connectivity index is 1.31. The molecule has 0 unspecified atom stereocenters. The molecule has 0 aliphatic carbocycles. The molecule has 30 heavy (non-hydrogen) atoms. The standard InChI is InChI=1S/C25H26FN3O/c26-22-10-12-23(13-11-22)29-16-14-28(15-17-29)19-25(30)27-24-9-5-4-8-21(24)18-20-6-2-1-3-7-20/h1-13H,14-19H2,(H,27,30)/p+1. The number of benzene rings is 3. The second-order valence-corrected chi connectivity index (χ2v) is 7.76. The number of carbonyl (C=O) groups excluding carboxylic acids is 1. The van der Waals surface area contributed by atoms with Crippen LogP contribution in [0, 0.1) is 5.82 Å². The zero-order valence-electron chi connectivity index (χ0n) is 17.0. The number of amides is 1. The number of halogens is 1. The molecule has 5 heteroatoms. The van der Waals surface area contributed by atoms with Gasteiger partial charge in [-0.05, 0) is 47.9 Å². The summed E-state index contributed by atoms with van der Waals surface area (Å²) in [5.41, 5.74) is 4.26. The normalized spacial score (nSPS) is 14.5. The van der Waals surface area contributed by atoms with Gasteiger partial charge in [0.2, 0.25) is 0 Å². The van der Waals surface area contributed by atoms with Crippen molar-refractivity contribution in [3.8, 4) is 0 Å². The highest BCUT2D eigenvalue weighted by atomic mass is 19.1. The molecule has 1 aliphatic heterocycles. The third-order valence-electron chi connectivity index (χ3n) is 5.60. The van der Waals surface area contributed by atoms with Crippen molar-refractivity contribution >= 4 is 17.3 Å². The van der Waals surface area contributed by atoms with Crippen LogP contribution in [0.15, 0.2) is 78.9 Å². The lowest BCUT2D eigenvalue weighted by Gasteiger charge is -2.33. The van der Waals surface area contributed by atoms with Crippen molar-refractivity contribution in [3.05, 3.63) is 95.8 Å². The van der Waals surface area contributed by atoms with Gasteiger partial charge in [0.1, 0.15) is 5.82 Å². The number of nitrogens with zero attached hydrogens (tertiary/aromatic N) is 1. The lowest BCUT2D eigenvalue weighted by Crippen LogP contribution is -3.15. The van der Waals surface area contributed by atoms with Crippen LogP contribution in [-0.4, -0.2) is 38.6 Å². The van der Waals surface area contributed by atoms with Gasteiger partial charge in [-0.1, -0.05) is 48.5 Å². The maximum Gasteiger partial charge on any atom is 0.279 e. The Hall–Kier alpha value is -3.18. The van der Waals surface area contributed by atoms with Crippen molar-refractivity contribution in [1.82, 2.24) is 0 Å². The van der Waals surface area contributed by atoms with Crippen molar-refractivity contribution in [1.29, 1.82) is 0 Å². The number of nitrogens with one attached hydrogen (secondary N) is 2. The monoisotopic (exact) mass is 404 g/mol. The first-order chi connectivity index (χ1) is 14.7. The smallest absolute Gasteiger partial charge is 0.279 e. The van der Waals surface area contributed by atoms with Crippen LogP contribution in [0.5, 0.6) is 0 Å². The first-order valence-electron chi connectivity index (χ1n) is 10.4. The molecule has 0 saturated carbocycles. The molecule has 2 N–H and O–H groups in total. The van der Waals surface area contributed by atoms with Crippen LogP contribution in [0.2, 0.25) is 0 Å². The Morgan fingerprint density at radius 1 is 0.900 bits per heavy atom. The number of hydrogen-bond donors (Lipinski definition) is 2. The summed E-state index contributed by atoms with van der Waals surface area (Å²) < 4.78 is 13.1. The third-order valence-corrected chi connectivity index (χ3v) is 5.60. The van der Waals surface area contributed by atoms with E-state index >= 15 is 0 Å². The van der Waals surface area contributed by atoms with Gasteiger partial charge < -0.3 is 15.1 Å². The molecule has 154 valence electrons. The number of rotatable bonds is 6. The SMILES string of the molecule is O=C(C[NH+]1CCN(c2ccc(F)cc2)CC1)Nc1ccccc1Cc1ccccc1. The van der Waals surface area contributed by atoms with Crippen LogP contribution < -0.4 is 15.1 Å². The highest BCUT2D eigenvalue weighted by Crippen LogP contribution is 2.19. The van der Waals surface area contributed by atoms with E-state index in [2.05, 4.69) is 28.4 Å². The van der Waals surface area contributed by atoms with Crippen LogP contribution in [0.3, 0.4) is 0 Å². The summed E-state index contributed by atoms with van der Waals surface area (Å²) in [6.07, 6.45) is 0.792. The Labute approximate surface area is 176 Å². The molecule has 1 amide bonds. The molecule has 1 heterocycles. The minimum atomic E-state index is -0.216. The summed E-state index contributed by atoms with van der Waals surface area (Å²) >= 11 is 0. The van der Waals surface area contributed by atoms with E-state index in [0.29, 0.717) is 6.54 Å². The van der Waals surface area contributed by atoms with E-state index in [1.54, 1.807) is 0 Å². The second-order valence-electron chi connectivity index (χ2n) is 7.76. The molecule has 4 rings (SSSR count). The number of para-hydroxylation sites is 1. The summed E-state index contributed by atoms with van der Waals surface area (Å²) in [5, 5.41) is 3.11. The molecule has 3 aromatic rings. The maximum absolute atomic E-state index is 13.1. The highest BCUT2D eigenvalue weighted by Gasteiger charge is 2.22. The van der Waals surface area contributed by atoms with Gasteiger partial charge in [-0.2, -0.15) is 0 Å². The average Bonchev–Trinajstić information content (AvgIpc) is 2.77. The fraction of sp³-hybridized carbons (Fsp3) is 0.240. The average molecular weight is 405 g/mol. The summed E-state index contributed by atoms with van der Waals surface area (Å²) in [6, 6.07) is 24.9. The van der Waals surface area contributed by atoms with Crippen LogP contribution in [-0.2, 0) is 11.2 Å². The Morgan fingerprint density at radius 3 is 2.30 bits per heavy atom. The first kappa shape index (κ1) is 20.1. The quantitative estimate of drug-likeness (QED) is 0.663. The largest absolute Gasteiger partial charge is 0.360 e. The molecule has 0 aromatic heterocycles. The van der Waals surface area contributed by atoms with Gasteiger partial charge in [-0.25, -0.2) is 4.39 Å². The van der Waals surface area contributed by atoms with E-state index in [4.69, 9.17) is 0 Å². The number of anilines is 2. The van der Waals surface area contributed by atoms with Gasteiger partial charge in [0.25, 0.3) is 5.91 Å². The van der Waals surface area contributed by atoms with Crippen LogP contribution in [0.1, 0.15) is 11.1 Å². The molecule has 0 radical (unpaired) electrons. The van der Waals surface area contributed by atoms with Crippen molar-refractivity contribution < 1.29 is 14.1 Å². The Morgan fingerprint density at radius 2 is 1.57 bits per heavy atom. The lowest BCUT2D eigenvalue weighted by molar-refractivity contribution is -0.892. The maximum atomic E-state index is 13.1. The van der Waals surface area contributed by atoms with E-state index in [0.717, 1.165) is 49.5 Å². The summed E-state index contributed by atoms with van der Waals surface area (Å²) in [5.74, 6) is -0.173. The first-order valence-corrected chi connectivity index (χ1v) is 10.4. The van der Waals surface area contributed by atoms with E-state index in [1.807, 2.05) is 48.5 Å². The molecular weight excluding hydrogens is 377 g/mol. The molecule has 3 aromatic carbocycles. The van der Waals surface area contributed by atoms with E-state index in [9.17, 15) is 9.18 Å². The fourth-order valence-electron chi connectivity index (χ4n) is 3.94. The summed E-state index contributed by atoms with van der Waals surface area (Å²) in [7, 11) is 0. The zero-order valence-corrected chi connectivity index (χ0v) is 17.0. The molecule has 0 spiro atoms. The molecule has 0 atom stereocenters. The number of quaternary nitrogens is 1. The predicted octanol–water partition coefficient (Wildman–Crippen LogP) is 2.76. The van der Waals surface area contributed by atoms with Crippen LogP contribution in [0.4, 0.5) is 15.8 Å². The van der Waals surface area contributed by atoms with Crippen molar-refractivity contribution in [2.75, 3.05) is 42.9 Å². The van der Waals surface area contributed by atoms with E-state index in [-0.39, 0.29) is 11.7 Å². The lowest BCUT2D eigenvalue weighted by atomic mass is 10.0. The molecule has 1 fully saturated rings. The van der Waals surface area contributed by atoms with E-state index in [1.165, 1.54) is 22.6 Å². The number of carbonyl (C=O) groups is 1. The molecule has 1 aliphatic rings. The fourth-order valence-corrected chi connectivity index (χ4v) is 3.94. The molecule has 1 saturated heterocycles. The minimum absolute atomic E-state index is 0.0424. The van der Waals surface area contributed by atoms with Gasteiger partial charge in [0, 0.05) is 11.4 Å². The number of hydrogen-bond acceptors (Lipinski definition) is 2. The van der Waals surface area contributed by atoms with Crippen LogP contribution >= 0.6 is 0 Å². The topological polar surface area (TPSA) is 36.8 Å². The van der Waals surface area contributed by atoms with Crippen molar-refractivity contribution in [2.24, 2.45) is 0 Å². The predicted molar refractivity (Wildman–Crippen MR) is 118 cm³/mol. The molecular formula is C25H27FN3O+. The second kappa shape index (κ2) is 9.55. The van der Waals surface area contributed by atoms with Gasteiger partial charge in [0.05, 0.1) is 26.2 Å². The minimum Gasteiger partial charge on any atom is -0.360 e. The van der Waals surface area contributed by atoms with Gasteiger partial charge in [-0.3, -0.25) is 4.79 Å². The van der Waals surface area contributed by atoms with Gasteiger partial charge in [0.15, 0.2) is 6.54 Å². The Kier molecular flexibility index (Phi) is 6.40. The third kappa shape index (κ3) is 5.24. The van der Waals surface area contributed by atoms with E-state index < -0.39 is 0 Å². The highest BCUT2D eigenvalue weighted by molar-refractivity contribution is 5.92. The summed E-state index contributed by atoms with van der Waals surface area (Å²) in [4.78, 5) is 16.2. The molecule has 0 bridgehead atoms. The van der Waals surface area contributed by atoms with Crippen molar-refractivity contribution in [3.63, 3.8) is 0 Å². The van der Waals surface area contributed by atoms with Crippen LogP contribution in [0.25, 0.3) is 0 Å².